The van der Waals surface area contributed by atoms with E-state index in [4.69, 9.17) is 7.26 Å². The van der Waals surface area contributed by atoms with Crippen molar-refractivity contribution < 1.29 is 24.1 Å². The zero-order chi connectivity index (χ0) is 44.4. The van der Waals surface area contributed by atoms with E-state index < -0.39 is 20.2 Å². The third-order valence-corrected chi connectivity index (χ3v) is 15.2. The summed E-state index contributed by atoms with van der Waals surface area (Å²) < 4.78 is 71.9. The van der Waals surface area contributed by atoms with Crippen molar-refractivity contribution in [2.45, 2.75) is 9.79 Å². The molecular weight excluding hydrogens is 865 g/mol. The van der Waals surface area contributed by atoms with Gasteiger partial charge in [-0.15, -0.1) is 0 Å². The van der Waals surface area contributed by atoms with Crippen LogP contribution in [0.3, 0.4) is 0 Å². The highest BCUT2D eigenvalue weighted by Gasteiger charge is 2.34. The Kier molecular flexibility index (Phi) is 11.5. The highest BCUT2D eigenvalue weighted by Crippen LogP contribution is 2.52. The Labute approximate surface area is 383 Å². The molecule has 6 nitrogen and oxygen atoms in total. The largest absolute Gasteiger partial charge is 0.311 e. The first-order valence-corrected chi connectivity index (χ1v) is 24.3. The quantitative estimate of drug-likeness (QED) is 0.113. The zero-order valence-electron chi connectivity index (χ0n) is 34.6. The second-order valence-electron chi connectivity index (χ2n) is 15.3. The fourth-order valence-corrected chi connectivity index (χ4v) is 12.1. The molecule has 0 N–H and O–H groups in total. The van der Waals surface area contributed by atoms with Gasteiger partial charge >= 0.3 is 20.2 Å². The molecule has 0 aromatic heterocycles. The average Bonchev–Trinajstić information content (AvgIpc) is 3.36. The minimum atomic E-state index is -4.82. The molecule has 0 spiro atoms. The first-order valence-electron chi connectivity index (χ1n) is 20.9. The summed E-state index contributed by atoms with van der Waals surface area (Å²) in [6.07, 6.45) is 0. The Balaban J connectivity index is 1.16. The molecule has 0 aliphatic heterocycles. The molecule has 0 unspecified atom stereocenters. The first kappa shape index (κ1) is 41.9. The van der Waals surface area contributed by atoms with E-state index in [1.54, 1.807) is 24.3 Å². The van der Waals surface area contributed by atoms with Gasteiger partial charge in [0.2, 0.25) is 0 Å². The smallest absolute Gasteiger partial charge is 0.193 e. The van der Waals surface area contributed by atoms with Gasteiger partial charge in [-0.25, -0.2) is 0 Å². The molecule has 10 rings (SSSR count). The van der Waals surface area contributed by atoms with E-state index in [2.05, 4.69) is 0 Å². The van der Waals surface area contributed by atoms with Gasteiger partial charge < -0.3 is 0 Å². The second-order valence-corrected chi connectivity index (χ2v) is 19.2. The van der Waals surface area contributed by atoms with E-state index in [1.807, 2.05) is 206 Å². The molecule has 9 heteroatoms. The van der Waals surface area contributed by atoms with Gasteiger partial charge in [-0.3, -0.25) is 0 Å². The predicted molar refractivity (Wildman–Crippen MR) is 265 cm³/mol. The van der Waals surface area contributed by atoms with E-state index >= 15 is 16.8 Å². The summed E-state index contributed by atoms with van der Waals surface area (Å²) in [5, 5.41) is 2.14. The molecule has 0 atom stereocenters. The molecule has 0 heterocycles. The molecule has 0 saturated carbocycles. The molecular formula is C56H38O6S3. The van der Waals surface area contributed by atoms with Gasteiger partial charge in [0.1, 0.15) is 9.79 Å². The second kappa shape index (κ2) is 17.8. The van der Waals surface area contributed by atoms with Gasteiger partial charge in [0, 0.05) is 21.9 Å². The van der Waals surface area contributed by atoms with Crippen molar-refractivity contribution in [2.24, 2.45) is 0 Å². The molecule has 0 radical (unpaired) electrons. The topological polar surface area (TPSA) is 86.7 Å². The van der Waals surface area contributed by atoms with Crippen LogP contribution >= 0.6 is 12.3 Å². The van der Waals surface area contributed by atoms with Crippen LogP contribution in [0.5, 0.6) is 0 Å². The van der Waals surface area contributed by atoms with Gasteiger partial charge in [-0.1, -0.05) is 231 Å². The lowest BCUT2D eigenvalue weighted by Gasteiger charge is -2.23. The molecule has 65 heavy (non-hydrogen) atoms. The summed E-state index contributed by atoms with van der Waals surface area (Å²) in [5.41, 5.74) is 8.43. The van der Waals surface area contributed by atoms with Crippen LogP contribution in [0.4, 0.5) is 0 Å². The van der Waals surface area contributed by atoms with Gasteiger partial charge in [0.05, 0.1) is 0 Å². The van der Waals surface area contributed by atoms with Crippen LogP contribution in [0.1, 0.15) is 0 Å². The first-order chi connectivity index (χ1) is 31.8. The van der Waals surface area contributed by atoms with Gasteiger partial charge in [-0.2, -0.15) is 24.1 Å². The minimum absolute atomic E-state index is 0.0897. The molecule has 10 aromatic rings. The average molecular weight is 903 g/mol. The Morgan fingerprint density at radius 2 is 0.462 bits per heavy atom. The summed E-state index contributed by atoms with van der Waals surface area (Å²) >= 11 is -0.0897. The SMILES string of the molecule is O=S(=O)(OSOS(=O)(=O)c1c(-c2ccccc2)c(-c2ccccc2)c(-c2ccccc2)c2ccccc12)c1c(-c2ccccc2)c(-c2ccccc2)c(-c2ccccc2)c2ccccc12. The maximum atomic E-state index is 15.1. The van der Waals surface area contributed by atoms with Crippen LogP contribution in [0.15, 0.2) is 240 Å². The highest BCUT2D eigenvalue weighted by atomic mass is 32.3. The van der Waals surface area contributed by atoms with Gasteiger partial charge in [-0.05, 0) is 66.4 Å². The van der Waals surface area contributed by atoms with Gasteiger partial charge in [0.25, 0.3) is 0 Å². The summed E-state index contributed by atoms with van der Waals surface area (Å²) in [7, 11) is -9.65. The summed E-state index contributed by atoms with van der Waals surface area (Å²) in [5.74, 6) is 0. The Morgan fingerprint density at radius 3 is 0.738 bits per heavy atom. The minimum Gasteiger partial charge on any atom is -0.193 e. The molecule has 0 aliphatic rings. The molecule has 0 fully saturated rings. The third-order valence-electron chi connectivity index (χ3n) is 11.4. The molecule has 316 valence electrons. The van der Waals surface area contributed by atoms with Crippen molar-refractivity contribution in [3.05, 3.63) is 231 Å². The fourth-order valence-electron chi connectivity index (χ4n) is 8.84. The maximum absolute atomic E-state index is 15.1. The molecule has 10 aromatic carbocycles. The number of rotatable bonds is 12. The lowest BCUT2D eigenvalue weighted by atomic mass is 9.84. The number of fused-ring (bicyclic) bond motifs is 2. The summed E-state index contributed by atoms with van der Waals surface area (Å²) in [4.78, 5) is -0.249. The highest BCUT2D eigenvalue weighted by molar-refractivity contribution is 8.07. The van der Waals surface area contributed by atoms with Crippen molar-refractivity contribution in [3.8, 4) is 66.8 Å². The van der Waals surface area contributed by atoms with Crippen LogP contribution < -0.4 is 0 Å². The van der Waals surface area contributed by atoms with Crippen LogP contribution in [-0.4, -0.2) is 16.8 Å². The standard InChI is InChI=1S/C56H38O6S3/c57-64(58,55-47-37-21-19-35-45(47)49(39-23-7-1-8-24-39)51(41-27-11-3-12-28-41)53(55)43-31-15-5-16-32-43)61-63-62-65(59,60)56-48-38-22-20-36-46(48)50(40-25-9-2-10-26-40)52(42-29-13-4-14-30-42)54(56)44-33-17-6-18-34-44/h1-38H. The van der Waals surface area contributed by atoms with Crippen molar-refractivity contribution in [3.63, 3.8) is 0 Å². The lowest BCUT2D eigenvalue weighted by Crippen LogP contribution is -2.11. The lowest BCUT2D eigenvalue weighted by molar-refractivity contribution is 0.478. The number of hydrogen-bond donors (Lipinski definition) is 0. The molecule has 0 amide bonds. The molecule has 0 bridgehead atoms. The van der Waals surface area contributed by atoms with E-state index in [-0.39, 0.29) is 22.1 Å². The van der Waals surface area contributed by atoms with E-state index in [1.165, 1.54) is 0 Å². The molecule has 0 saturated heterocycles. The van der Waals surface area contributed by atoms with E-state index in [9.17, 15) is 0 Å². The van der Waals surface area contributed by atoms with Gasteiger partial charge in [0.15, 0.2) is 12.3 Å². The van der Waals surface area contributed by atoms with Crippen molar-refractivity contribution in [2.75, 3.05) is 0 Å². The van der Waals surface area contributed by atoms with Crippen LogP contribution in [-0.2, 0) is 27.5 Å². The predicted octanol–water partition coefficient (Wildman–Crippen LogP) is 14.7. The van der Waals surface area contributed by atoms with Crippen LogP contribution in [0, 0.1) is 0 Å². The van der Waals surface area contributed by atoms with E-state index in [0.717, 1.165) is 33.4 Å². The monoisotopic (exact) mass is 902 g/mol. The van der Waals surface area contributed by atoms with Crippen molar-refractivity contribution in [1.82, 2.24) is 0 Å². The summed E-state index contributed by atoms with van der Waals surface area (Å²) in [6.45, 7) is 0. The Morgan fingerprint density at radius 1 is 0.246 bits per heavy atom. The van der Waals surface area contributed by atoms with Crippen LogP contribution in [0.2, 0.25) is 0 Å². The van der Waals surface area contributed by atoms with Crippen LogP contribution in [0.25, 0.3) is 88.3 Å². The number of hydrogen-bond acceptors (Lipinski definition) is 7. The number of benzene rings is 10. The third kappa shape index (κ3) is 7.94. The van der Waals surface area contributed by atoms with E-state index in [0.29, 0.717) is 54.9 Å². The Bertz CT molecular complexity index is 3320. The van der Waals surface area contributed by atoms with Crippen molar-refractivity contribution >= 4 is 54.1 Å². The van der Waals surface area contributed by atoms with Crippen molar-refractivity contribution in [1.29, 1.82) is 0 Å². The fraction of sp³-hybridized carbons (Fsp3) is 0. The Hall–Kier alpha value is -7.11. The summed E-state index contributed by atoms with van der Waals surface area (Å²) in [6, 6.07) is 72.2. The molecule has 0 aliphatic carbocycles. The maximum Gasteiger partial charge on any atom is 0.311 e. The normalized spacial score (nSPS) is 11.8. The zero-order valence-corrected chi connectivity index (χ0v) is 37.1.